The Hall–Kier alpha value is -4.15. The smallest absolute Gasteiger partial charge is 0.353 e. The molecule has 4 aromatic heterocycles. The lowest BCUT2D eigenvalue weighted by molar-refractivity contribution is 0.276. The van der Waals surface area contributed by atoms with Gasteiger partial charge >= 0.3 is 5.69 Å². The van der Waals surface area contributed by atoms with Crippen LogP contribution in [0, 0.1) is 12.7 Å². The van der Waals surface area contributed by atoms with Gasteiger partial charge in [-0.15, -0.1) is 5.10 Å². The summed E-state index contributed by atoms with van der Waals surface area (Å²) in [5.41, 5.74) is 9.83. The lowest BCUT2D eigenvalue weighted by Crippen LogP contribution is -2.24. The van der Waals surface area contributed by atoms with Crippen LogP contribution in [0.1, 0.15) is 17.1 Å². The first-order valence-corrected chi connectivity index (χ1v) is 11.0. The second-order valence-electron chi connectivity index (χ2n) is 7.89. The van der Waals surface area contributed by atoms with E-state index in [1.165, 1.54) is 4.40 Å². The number of aliphatic hydroxyl groups excluding tert-OH is 1. The van der Waals surface area contributed by atoms with E-state index in [0.29, 0.717) is 28.2 Å². The van der Waals surface area contributed by atoms with Crippen LogP contribution in [-0.2, 0) is 13.2 Å². The first-order valence-electron chi connectivity index (χ1n) is 10.6. The Labute approximate surface area is 203 Å². The van der Waals surface area contributed by atoms with E-state index in [9.17, 15) is 14.3 Å². The summed E-state index contributed by atoms with van der Waals surface area (Å²) in [5, 5.41) is 14.3. The van der Waals surface area contributed by atoms with Crippen molar-refractivity contribution in [3.05, 3.63) is 93.1 Å². The van der Waals surface area contributed by atoms with Gasteiger partial charge in [0.25, 0.3) is 0 Å². The molecule has 11 heteroatoms. The van der Waals surface area contributed by atoms with Gasteiger partial charge in [-0.05, 0) is 30.7 Å². The maximum atomic E-state index is 13.4. The molecule has 4 heterocycles. The number of nitrogen functional groups attached to an aromatic ring is 1. The van der Waals surface area contributed by atoms with Crippen LogP contribution in [0.3, 0.4) is 0 Å². The highest BCUT2D eigenvalue weighted by atomic mass is 35.5. The number of fused-ring (bicyclic) bond motifs is 1. The molecule has 0 saturated carbocycles. The van der Waals surface area contributed by atoms with Gasteiger partial charge in [0.2, 0.25) is 5.95 Å². The molecule has 5 aromatic rings. The molecule has 0 unspecified atom stereocenters. The van der Waals surface area contributed by atoms with Crippen molar-refractivity contribution in [2.45, 2.75) is 20.1 Å². The summed E-state index contributed by atoms with van der Waals surface area (Å²) >= 11 is 6.12. The van der Waals surface area contributed by atoms with E-state index in [4.69, 9.17) is 17.3 Å². The highest BCUT2D eigenvalue weighted by Gasteiger charge is 2.22. The number of hydrogen-bond donors (Lipinski definition) is 2. The molecule has 0 aliphatic rings. The second kappa shape index (κ2) is 8.90. The van der Waals surface area contributed by atoms with Crippen molar-refractivity contribution in [3.8, 4) is 22.4 Å². The number of hydrogen-bond acceptors (Lipinski definition) is 7. The molecule has 0 amide bonds. The van der Waals surface area contributed by atoms with Crippen molar-refractivity contribution in [2.24, 2.45) is 0 Å². The summed E-state index contributed by atoms with van der Waals surface area (Å²) in [6.45, 7) is 1.44. The minimum Gasteiger partial charge on any atom is -0.390 e. The predicted octanol–water partition coefficient (Wildman–Crippen LogP) is 3.24. The van der Waals surface area contributed by atoms with E-state index in [0.717, 1.165) is 22.5 Å². The Morgan fingerprint density at radius 3 is 2.60 bits per heavy atom. The maximum Gasteiger partial charge on any atom is 0.353 e. The molecule has 0 fully saturated rings. The van der Waals surface area contributed by atoms with Crippen LogP contribution in [0.4, 0.5) is 10.3 Å². The Morgan fingerprint density at radius 1 is 1.11 bits per heavy atom. The number of nitrogens with two attached hydrogens (primary N) is 1. The summed E-state index contributed by atoms with van der Waals surface area (Å²) in [6.07, 6.45) is 1.02. The molecule has 0 bridgehead atoms. The lowest BCUT2D eigenvalue weighted by Gasteiger charge is -2.13. The van der Waals surface area contributed by atoms with Crippen LogP contribution < -0.4 is 11.4 Å². The Bertz CT molecular complexity index is 1630. The molecule has 3 N–H and O–H groups in total. The topological polar surface area (TPSA) is 124 Å². The average Bonchev–Trinajstić information content (AvgIpc) is 3.17. The van der Waals surface area contributed by atoms with E-state index in [-0.39, 0.29) is 35.5 Å². The summed E-state index contributed by atoms with van der Waals surface area (Å²) in [5.74, 6) is -0.637. The Kier molecular flexibility index (Phi) is 5.75. The number of anilines is 1. The van der Waals surface area contributed by atoms with Crippen LogP contribution >= 0.6 is 11.6 Å². The van der Waals surface area contributed by atoms with Crippen molar-refractivity contribution in [3.63, 3.8) is 0 Å². The molecular formula is C24H19ClFN7O2. The van der Waals surface area contributed by atoms with Crippen molar-refractivity contribution in [2.75, 3.05) is 5.73 Å². The number of aryl methyl sites for hydroxylation is 1. The molecule has 9 nitrogen and oxygen atoms in total. The first kappa shape index (κ1) is 22.6. The van der Waals surface area contributed by atoms with Gasteiger partial charge in [0.1, 0.15) is 5.82 Å². The number of nitrogens with zero attached hydrogens (tertiary/aromatic N) is 6. The maximum absolute atomic E-state index is 13.4. The Morgan fingerprint density at radius 2 is 1.89 bits per heavy atom. The monoisotopic (exact) mass is 491 g/mol. The first-order chi connectivity index (χ1) is 16.9. The molecule has 0 atom stereocenters. The number of rotatable bonds is 5. The number of aliphatic hydroxyl groups is 1. The fourth-order valence-corrected chi connectivity index (χ4v) is 4.15. The zero-order valence-electron chi connectivity index (χ0n) is 18.5. The summed E-state index contributed by atoms with van der Waals surface area (Å²) in [4.78, 5) is 26.2. The minimum absolute atomic E-state index is 0.0508. The second-order valence-corrected chi connectivity index (χ2v) is 8.29. The van der Waals surface area contributed by atoms with Crippen LogP contribution in [0.2, 0.25) is 5.02 Å². The standard InChI is InChI=1S/C24H19ClFN7O2/c1-13-7-15(8-17(12-34)29-13)20-21(14-5-3-2-4-6-14)30-23(27)33-22(20)31-32(24(33)35)11-19-18(25)9-16(26)10-28-19/h2-10,34H,11-12H2,1H3,(H2,27,30). The number of pyridine rings is 2. The fourth-order valence-electron chi connectivity index (χ4n) is 3.94. The van der Waals surface area contributed by atoms with Crippen molar-refractivity contribution in [1.82, 2.24) is 29.1 Å². The lowest BCUT2D eigenvalue weighted by atomic mass is 9.99. The van der Waals surface area contributed by atoms with Crippen molar-refractivity contribution in [1.29, 1.82) is 0 Å². The van der Waals surface area contributed by atoms with Gasteiger partial charge in [0, 0.05) is 11.3 Å². The van der Waals surface area contributed by atoms with Crippen molar-refractivity contribution < 1.29 is 9.50 Å². The van der Waals surface area contributed by atoms with Crippen LogP contribution in [0.15, 0.2) is 59.5 Å². The van der Waals surface area contributed by atoms with Gasteiger partial charge < -0.3 is 10.8 Å². The average molecular weight is 492 g/mol. The van der Waals surface area contributed by atoms with Crippen LogP contribution in [0.5, 0.6) is 0 Å². The van der Waals surface area contributed by atoms with E-state index < -0.39 is 11.5 Å². The van der Waals surface area contributed by atoms with Gasteiger partial charge in [0.15, 0.2) is 5.65 Å². The highest BCUT2D eigenvalue weighted by Crippen LogP contribution is 2.35. The number of benzene rings is 1. The third-order valence-electron chi connectivity index (χ3n) is 5.44. The quantitative estimate of drug-likeness (QED) is 0.386. The van der Waals surface area contributed by atoms with Gasteiger partial charge in [-0.25, -0.2) is 23.3 Å². The van der Waals surface area contributed by atoms with E-state index in [1.807, 2.05) is 36.4 Å². The summed E-state index contributed by atoms with van der Waals surface area (Å²) < 4.78 is 15.8. The number of halogens is 2. The Balaban J connectivity index is 1.81. The molecular weight excluding hydrogens is 473 g/mol. The third kappa shape index (κ3) is 4.13. The molecule has 5 rings (SSSR count). The highest BCUT2D eigenvalue weighted by molar-refractivity contribution is 6.31. The van der Waals surface area contributed by atoms with Gasteiger partial charge in [-0.1, -0.05) is 41.9 Å². The van der Waals surface area contributed by atoms with Crippen LogP contribution in [0.25, 0.3) is 28.0 Å². The SMILES string of the molecule is Cc1cc(-c2c(-c3ccccc3)nc(N)n3c(=O)n(Cc4ncc(F)cc4Cl)nc23)cc(CO)n1. The van der Waals surface area contributed by atoms with Gasteiger partial charge in [-0.2, -0.15) is 0 Å². The largest absolute Gasteiger partial charge is 0.390 e. The molecule has 0 radical (unpaired) electrons. The fraction of sp³-hybridized carbons (Fsp3) is 0.125. The summed E-state index contributed by atoms with van der Waals surface area (Å²) in [7, 11) is 0. The molecule has 0 saturated heterocycles. The molecule has 0 aliphatic heterocycles. The van der Waals surface area contributed by atoms with E-state index >= 15 is 0 Å². The van der Waals surface area contributed by atoms with Gasteiger partial charge in [0.05, 0.1) is 47.0 Å². The van der Waals surface area contributed by atoms with Gasteiger partial charge in [-0.3, -0.25) is 9.97 Å². The molecule has 35 heavy (non-hydrogen) atoms. The summed E-state index contributed by atoms with van der Waals surface area (Å²) in [6, 6.07) is 14.0. The van der Waals surface area contributed by atoms with E-state index in [1.54, 1.807) is 13.0 Å². The zero-order chi connectivity index (χ0) is 24.7. The normalized spacial score (nSPS) is 11.3. The van der Waals surface area contributed by atoms with Crippen LogP contribution in [-0.4, -0.2) is 34.2 Å². The zero-order valence-corrected chi connectivity index (χ0v) is 19.2. The molecule has 1 aromatic carbocycles. The predicted molar refractivity (Wildman–Crippen MR) is 129 cm³/mol. The minimum atomic E-state index is -0.586. The third-order valence-corrected chi connectivity index (χ3v) is 5.77. The molecule has 176 valence electrons. The van der Waals surface area contributed by atoms with Crippen molar-refractivity contribution >= 4 is 23.2 Å². The number of aromatic nitrogens is 6. The molecule has 0 spiro atoms. The molecule has 0 aliphatic carbocycles. The van der Waals surface area contributed by atoms with E-state index in [2.05, 4.69) is 20.1 Å².